The Morgan fingerprint density at radius 2 is 1.79 bits per heavy atom. The van der Waals surface area contributed by atoms with Crippen molar-refractivity contribution >= 4 is 17.3 Å². The van der Waals surface area contributed by atoms with Crippen molar-refractivity contribution in [2.24, 2.45) is 0 Å². The van der Waals surface area contributed by atoms with Crippen LogP contribution >= 0.6 is 11.3 Å². The number of aromatic nitrogens is 1. The van der Waals surface area contributed by atoms with Gasteiger partial charge in [-0.1, -0.05) is 42.0 Å². The van der Waals surface area contributed by atoms with Crippen LogP contribution in [0.2, 0.25) is 0 Å². The molecule has 1 atom stereocenters. The van der Waals surface area contributed by atoms with Crippen LogP contribution in [0.15, 0.2) is 48.5 Å². The van der Waals surface area contributed by atoms with Crippen molar-refractivity contribution in [2.45, 2.75) is 39.9 Å². The fraction of sp³-hybridized carbons (Fsp3) is 0.304. The van der Waals surface area contributed by atoms with Crippen molar-refractivity contribution in [1.82, 2.24) is 4.98 Å². The van der Waals surface area contributed by atoms with Crippen molar-refractivity contribution in [3.05, 3.63) is 70.2 Å². The van der Waals surface area contributed by atoms with Crippen LogP contribution in [0.25, 0.3) is 10.6 Å². The molecular formula is C23H25NO4S. The smallest absolute Gasteiger partial charge is 0.306 e. The molecule has 1 heterocycles. The quantitative estimate of drug-likeness (QED) is 0.499. The lowest BCUT2D eigenvalue weighted by Gasteiger charge is -2.16. The molecule has 0 amide bonds. The number of nitrogens with zero attached hydrogens (tertiary/aromatic N) is 1. The summed E-state index contributed by atoms with van der Waals surface area (Å²) in [6.45, 7) is 6.83. The minimum atomic E-state index is -0.881. The van der Waals surface area contributed by atoms with Crippen LogP contribution in [0, 0.1) is 13.8 Å². The Balaban J connectivity index is 1.65. The number of aliphatic carboxylic acids is 1. The summed E-state index contributed by atoms with van der Waals surface area (Å²) in [7, 11) is 0. The molecule has 0 bridgehead atoms. The van der Waals surface area contributed by atoms with Crippen LogP contribution in [-0.4, -0.2) is 22.7 Å². The van der Waals surface area contributed by atoms with Crippen LogP contribution in [0.5, 0.6) is 5.75 Å². The lowest BCUT2D eigenvalue weighted by molar-refractivity contribution is -0.140. The largest absolute Gasteiger partial charge is 0.488 e. The molecule has 3 rings (SSSR count). The fourth-order valence-corrected chi connectivity index (χ4v) is 3.92. The number of carbonyl (C=O) groups is 1. The molecule has 6 heteroatoms. The first-order chi connectivity index (χ1) is 14.0. The molecule has 0 radical (unpaired) electrons. The molecule has 1 N–H and O–H groups in total. The highest BCUT2D eigenvalue weighted by molar-refractivity contribution is 7.15. The zero-order valence-corrected chi connectivity index (χ0v) is 17.7. The molecule has 152 valence electrons. The molecule has 5 nitrogen and oxygen atoms in total. The summed E-state index contributed by atoms with van der Waals surface area (Å²) in [4.78, 5) is 16.8. The number of hydrogen-bond acceptors (Lipinski definition) is 5. The molecule has 0 spiro atoms. The zero-order chi connectivity index (χ0) is 20.8. The Bertz CT molecular complexity index is 948. The van der Waals surface area contributed by atoms with E-state index in [0.717, 1.165) is 32.5 Å². The van der Waals surface area contributed by atoms with E-state index in [1.54, 1.807) is 11.3 Å². The third-order valence-corrected chi connectivity index (χ3v) is 5.72. The Kier molecular flexibility index (Phi) is 7.01. The van der Waals surface area contributed by atoms with Gasteiger partial charge < -0.3 is 14.6 Å². The summed E-state index contributed by atoms with van der Waals surface area (Å²) < 4.78 is 11.5. The second-order valence-corrected chi connectivity index (χ2v) is 7.88. The van der Waals surface area contributed by atoms with E-state index < -0.39 is 12.1 Å². The maximum absolute atomic E-state index is 11.0. The molecular weight excluding hydrogens is 386 g/mol. The van der Waals surface area contributed by atoms with Gasteiger partial charge in [0.15, 0.2) is 0 Å². The summed E-state index contributed by atoms with van der Waals surface area (Å²) >= 11 is 1.64. The first kappa shape index (κ1) is 21.0. The molecule has 1 unspecified atom stereocenters. The number of rotatable bonds is 9. The molecule has 0 aliphatic carbocycles. The van der Waals surface area contributed by atoms with E-state index >= 15 is 0 Å². The fourth-order valence-electron chi connectivity index (χ4n) is 2.94. The van der Waals surface area contributed by atoms with E-state index in [2.05, 4.69) is 36.2 Å². The summed E-state index contributed by atoms with van der Waals surface area (Å²) in [5, 5.41) is 10.0. The molecule has 1 aromatic heterocycles. The van der Waals surface area contributed by atoms with Gasteiger partial charge in [-0.3, -0.25) is 4.79 Å². The van der Waals surface area contributed by atoms with Gasteiger partial charge in [-0.05, 0) is 38.5 Å². The monoisotopic (exact) mass is 411 g/mol. The highest BCUT2D eigenvalue weighted by atomic mass is 32.1. The SMILES string of the molecule is CCOC(CC(=O)O)c1ccc(OCc2sc(-c3ccc(C)cc3)nc2C)cc1. The van der Waals surface area contributed by atoms with Crippen LogP contribution in [0.1, 0.15) is 41.1 Å². The highest BCUT2D eigenvalue weighted by Gasteiger charge is 2.16. The second kappa shape index (κ2) is 9.67. The Morgan fingerprint density at radius 3 is 2.41 bits per heavy atom. The molecule has 2 aromatic carbocycles. The molecule has 0 saturated heterocycles. The average molecular weight is 412 g/mol. The molecule has 3 aromatic rings. The van der Waals surface area contributed by atoms with Gasteiger partial charge in [0.1, 0.15) is 17.4 Å². The predicted octanol–water partition coefficient (Wildman–Crippen LogP) is 5.56. The van der Waals surface area contributed by atoms with Crippen molar-refractivity contribution in [2.75, 3.05) is 6.61 Å². The van der Waals surface area contributed by atoms with E-state index in [4.69, 9.17) is 14.6 Å². The van der Waals surface area contributed by atoms with Gasteiger partial charge in [-0.25, -0.2) is 4.98 Å². The average Bonchev–Trinajstić information content (AvgIpc) is 3.07. The molecule has 0 fully saturated rings. The van der Waals surface area contributed by atoms with Gasteiger partial charge in [-0.2, -0.15) is 0 Å². The van der Waals surface area contributed by atoms with E-state index in [9.17, 15) is 4.79 Å². The van der Waals surface area contributed by atoms with Crippen LogP contribution < -0.4 is 4.74 Å². The molecule has 0 aliphatic rings. The molecule has 0 aliphatic heterocycles. The number of hydrogen-bond donors (Lipinski definition) is 1. The highest BCUT2D eigenvalue weighted by Crippen LogP contribution is 2.29. The van der Waals surface area contributed by atoms with Gasteiger partial charge in [0.2, 0.25) is 0 Å². The number of carboxylic acid groups (broad SMARTS) is 1. The lowest BCUT2D eigenvalue weighted by atomic mass is 10.1. The topological polar surface area (TPSA) is 68.7 Å². The second-order valence-electron chi connectivity index (χ2n) is 6.79. The number of carboxylic acids is 1. The summed E-state index contributed by atoms with van der Waals surface area (Å²) in [5.74, 6) is -0.155. The normalized spacial score (nSPS) is 12.0. The van der Waals surface area contributed by atoms with Crippen molar-refractivity contribution in [3.8, 4) is 16.3 Å². The minimum absolute atomic E-state index is 0.0596. The van der Waals surface area contributed by atoms with E-state index in [1.165, 1.54) is 5.56 Å². The van der Waals surface area contributed by atoms with E-state index in [-0.39, 0.29) is 6.42 Å². The maximum Gasteiger partial charge on any atom is 0.306 e. The Labute approximate surface area is 175 Å². The third kappa shape index (κ3) is 5.65. The third-order valence-electron chi connectivity index (χ3n) is 4.54. The van der Waals surface area contributed by atoms with Crippen LogP contribution in [-0.2, 0) is 16.1 Å². The summed E-state index contributed by atoms with van der Waals surface area (Å²) in [5.41, 5.74) is 4.14. The van der Waals surface area contributed by atoms with Crippen molar-refractivity contribution in [1.29, 1.82) is 0 Å². The van der Waals surface area contributed by atoms with Crippen LogP contribution in [0.4, 0.5) is 0 Å². The summed E-state index contributed by atoms with van der Waals surface area (Å²) in [6, 6.07) is 15.8. The maximum atomic E-state index is 11.0. The first-order valence-corrected chi connectivity index (χ1v) is 10.4. The number of benzene rings is 2. The van der Waals surface area contributed by atoms with E-state index in [1.807, 2.05) is 38.1 Å². The Morgan fingerprint density at radius 1 is 1.10 bits per heavy atom. The summed E-state index contributed by atoms with van der Waals surface area (Å²) in [6.07, 6.45) is -0.511. The van der Waals surface area contributed by atoms with Gasteiger partial charge in [0.25, 0.3) is 0 Å². The Hall–Kier alpha value is -2.70. The lowest BCUT2D eigenvalue weighted by Crippen LogP contribution is -2.10. The van der Waals surface area contributed by atoms with Gasteiger partial charge in [0, 0.05) is 12.2 Å². The molecule has 0 saturated carbocycles. The van der Waals surface area contributed by atoms with Crippen molar-refractivity contribution in [3.63, 3.8) is 0 Å². The van der Waals surface area contributed by atoms with Crippen LogP contribution in [0.3, 0.4) is 0 Å². The number of aryl methyl sites for hydroxylation is 2. The molecule has 29 heavy (non-hydrogen) atoms. The predicted molar refractivity (Wildman–Crippen MR) is 114 cm³/mol. The van der Waals surface area contributed by atoms with Crippen molar-refractivity contribution < 1.29 is 19.4 Å². The van der Waals surface area contributed by atoms with Gasteiger partial charge in [0.05, 0.1) is 23.1 Å². The first-order valence-electron chi connectivity index (χ1n) is 9.55. The zero-order valence-electron chi connectivity index (χ0n) is 16.8. The van der Waals surface area contributed by atoms with Gasteiger partial charge >= 0.3 is 5.97 Å². The standard InChI is InChI=1S/C23H25NO4S/c1-4-27-20(13-22(25)26)17-9-11-19(12-10-17)28-14-21-16(3)24-23(29-21)18-7-5-15(2)6-8-18/h5-12,20H,4,13-14H2,1-3H3,(H,25,26). The van der Waals surface area contributed by atoms with Gasteiger partial charge in [-0.15, -0.1) is 11.3 Å². The van der Waals surface area contributed by atoms with E-state index in [0.29, 0.717) is 13.2 Å². The number of ether oxygens (including phenoxy) is 2. The number of thiazole rings is 1. The minimum Gasteiger partial charge on any atom is -0.488 e.